The number of epoxide rings is 1. The molecule has 0 bridgehead atoms. The van der Waals surface area contributed by atoms with Crippen LogP contribution in [0.2, 0.25) is 0 Å². The van der Waals surface area contributed by atoms with Crippen LogP contribution < -0.4 is 4.74 Å². The molecule has 0 aliphatic carbocycles. The maximum absolute atomic E-state index is 14.7. The van der Waals surface area contributed by atoms with Crippen molar-refractivity contribution in [3.8, 4) is 22.8 Å². The standard InChI is InChI=1S/C27H38FNO3/c1-3-5-7-8-9-11-17-31-26-16-14-24(29-27(26)28)22-13-15-25(30)23(18-20-19-32-20)21(22)12-10-6-4-2/h13-16,20,30H,3-12,17-19H2,1-2H3/t20-/m0/s1. The largest absolute Gasteiger partial charge is 0.508 e. The number of aromatic hydroxyl groups is 1. The number of pyridine rings is 1. The van der Waals surface area contributed by atoms with Gasteiger partial charge in [-0.2, -0.15) is 4.39 Å². The number of nitrogens with zero attached hydrogens (tertiary/aromatic N) is 1. The Balaban J connectivity index is 1.71. The molecule has 1 aromatic carbocycles. The number of phenols is 1. The van der Waals surface area contributed by atoms with Gasteiger partial charge in [0.25, 0.3) is 5.95 Å². The highest BCUT2D eigenvalue weighted by atomic mass is 19.1. The van der Waals surface area contributed by atoms with Gasteiger partial charge in [-0.3, -0.25) is 0 Å². The van der Waals surface area contributed by atoms with E-state index in [1.807, 2.05) is 12.1 Å². The summed E-state index contributed by atoms with van der Waals surface area (Å²) in [6.07, 6.45) is 11.9. The molecule has 0 spiro atoms. The summed E-state index contributed by atoms with van der Waals surface area (Å²) < 4.78 is 25.8. The molecule has 1 N–H and O–H groups in total. The second kappa shape index (κ2) is 12.8. The second-order valence-corrected chi connectivity index (χ2v) is 8.81. The van der Waals surface area contributed by atoms with Gasteiger partial charge in [0.1, 0.15) is 5.75 Å². The van der Waals surface area contributed by atoms with Gasteiger partial charge < -0.3 is 14.6 Å². The lowest BCUT2D eigenvalue weighted by Gasteiger charge is -2.16. The number of hydrogen-bond acceptors (Lipinski definition) is 4. The highest BCUT2D eigenvalue weighted by Crippen LogP contribution is 2.35. The Bertz CT molecular complexity index is 851. The molecule has 0 unspecified atom stereocenters. The van der Waals surface area contributed by atoms with Crippen molar-refractivity contribution in [2.75, 3.05) is 13.2 Å². The molecule has 3 rings (SSSR count). The summed E-state index contributed by atoms with van der Waals surface area (Å²) in [6, 6.07) is 7.05. The molecule has 0 radical (unpaired) electrons. The fourth-order valence-corrected chi connectivity index (χ4v) is 4.14. The molecule has 2 aromatic rings. The lowest BCUT2D eigenvalue weighted by Crippen LogP contribution is -2.05. The molecule has 4 nitrogen and oxygen atoms in total. The highest BCUT2D eigenvalue weighted by Gasteiger charge is 2.27. The predicted octanol–water partition coefficient (Wildman–Crippen LogP) is 7.01. The lowest BCUT2D eigenvalue weighted by atomic mass is 9.91. The molecular weight excluding hydrogens is 405 g/mol. The molecule has 2 heterocycles. The molecule has 1 aliphatic heterocycles. The molecule has 176 valence electrons. The Kier molecular flexibility index (Phi) is 9.79. The summed E-state index contributed by atoms with van der Waals surface area (Å²) >= 11 is 0. The number of rotatable bonds is 15. The van der Waals surface area contributed by atoms with Crippen LogP contribution in [0.25, 0.3) is 11.3 Å². The third kappa shape index (κ3) is 7.19. The molecule has 1 saturated heterocycles. The van der Waals surface area contributed by atoms with Crippen molar-refractivity contribution >= 4 is 0 Å². The number of aromatic nitrogens is 1. The van der Waals surface area contributed by atoms with Crippen LogP contribution >= 0.6 is 0 Å². The topological polar surface area (TPSA) is 54.9 Å². The second-order valence-electron chi connectivity index (χ2n) is 8.81. The molecule has 1 aromatic heterocycles. The van der Waals surface area contributed by atoms with Crippen LogP contribution in [0.1, 0.15) is 82.8 Å². The van der Waals surface area contributed by atoms with E-state index in [4.69, 9.17) is 9.47 Å². The van der Waals surface area contributed by atoms with Crippen LogP contribution in [0.15, 0.2) is 24.3 Å². The van der Waals surface area contributed by atoms with E-state index >= 15 is 0 Å². The monoisotopic (exact) mass is 443 g/mol. The van der Waals surface area contributed by atoms with Crippen LogP contribution in [0.3, 0.4) is 0 Å². The molecule has 0 amide bonds. The maximum Gasteiger partial charge on any atom is 0.255 e. The summed E-state index contributed by atoms with van der Waals surface area (Å²) in [7, 11) is 0. The van der Waals surface area contributed by atoms with E-state index in [0.717, 1.165) is 61.8 Å². The van der Waals surface area contributed by atoms with Gasteiger partial charge in [0.15, 0.2) is 5.75 Å². The minimum Gasteiger partial charge on any atom is -0.508 e. The fraction of sp³-hybridized carbons (Fsp3) is 0.593. The molecule has 32 heavy (non-hydrogen) atoms. The summed E-state index contributed by atoms with van der Waals surface area (Å²) in [5.41, 5.74) is 3.43. The lowest BCUT2D eigenvalue weighted by molar-refractivity contribution is 0.286. The van der Waals surface area contributed by atoms with E-state index in [2.05, 4.69) is 18.8 Å². The number of benzene rings is 1. The third-order valence-corrected chi connectivity index (χ3v) is 6.12. The number of unbranched alkanes of at least 4 members (excludes halogenated alkanes) is 7. The van der Waals surface area contributed by atoms with Crippen molar-refractivity contribution in [1.82, 2.24) is 4.98 Å². The number of hydrogen-bond donors (Lipinski definition) is 1. The van der Waals surface area contributed by atoms with E-state index in [9.17, 15) is 9.50 Å². The molecule has 1 fully saturated rings. The first-order valence-electron chi connectivity index (χ1n) is 12.4. The van der Waals surface area contributed by atoms with Gasteiger partial charge in [-0.25, -0.2) is 4.98 Å². The molecular formula is C27H38FNO3. The summed E-state index contributed by atoms with van der Waals surface area (Å²) in [4.78, 5) is 4.23. The normalized spacial score (nSPS) is 15.2. The predicted molar refractivity (Wildman–Crippen MR) is 127 cm³/mol. The average Bonchev–Trinajstić information content (AvgIpc) is 3.61. The van der Waals surface area contributed by atoms with Gasteiger partial charge in [-0.05, 0) is 49.1 Å². The van der Waals surface area contributed by atoms with Crippen molar-refractivity contribution in [2.45, 2.75) is 90.6 Å². The van der Waals surface area contributed by atoms with E-state index in [1.54, 1.807) is 12.1 Å². The van der Waals surface area contributed by atoms with Crippen molar-refractivity contribution in [3.63, 3.8) is 0 Å². The Morgan fingerprint density at radius 3 is 2.41 bits per heavy atom. The van der Waals surface area contributed by atoms with Gasteiger partial charge in [-0.1, -0.05) is 58.8 Å². The number of ether oxygens (including phenoxy) is 2. The Hall–Kier alpha value is -2.14. The first kappa shape index (κ1) is 24.5. The summed E-state index contributed by atoms with van der Waals surface area (Å²) in [5.74, 6) is -0.0801. The molecule has 1 aliphatic rings. The number of phenolic OH excluding ortho intramolecular Hbond substituents is 1. The Morgan fingerprint density at radius 2 is 1.69 bits per heavy atom. The Labute approximate surface area is 192 Å². The molecule has 0 saturated carbocycles. The number of halogens is 1. The average molecular weight is 444 g/mol. The summed E-state index contributed by atoms with van der Waals surface area (Å²) in [5, 5.41) is 10.5. The van der Waals surface area contributed by atoms with Crippen molar-refractivity contribution in [1.29, 1.82) is 0 Å². The van der Waals surface area contributed by atoms with E-state index in [-0.39, 0.29) is 17.6 Å². The van der Waals surface area contributed by atoms with E-state index in [0.29, 0.717) is 18.7 Å². The van der Waals surface area contributed by atoms with Crippen LogP contribution in [-0.2, 0) is 17.6 Å². The first-order chi connectivity index (χ1) is 15.6. The van der Waals surface area contributed by atoms with Crippen LogP contribution in [-0.4, -0.2) is 29.4 Å². The zero-order valence-corrected chi connectivity index (χ0v) is 19.7. The van der Waals surface area contributed by atoms with Gasteiger partial charge in [0, 0.05) is 17.5 Å². The Morgan fingerprint density at radius 1 is 0.969 bits per heavy atom. The van der Waals surface area contributed by atoms with E-state index in [1.165, 1.54) is 25.7 Å². The van der Waals surface area contributed by atoms with Gasteiger partial charge in [-0.15, -0.1) is 0 Å². The van der Waals surface area contributed by atoms with Crippen molar-refractivity contribution < 1.29 is 19.0 Å². The minimum absolute atomic E-state index is 0.170. The minimum atomic E-state index is -0.576. The first-order valence-corrected chi connectivity index (χ1v) is 12.4. The van der Waals surface area contributed by atoms with Crippen LogP contribution in [0, 0.1) is 5.95 Å². The fourth-order valence-electron chi connectivity index (χ4n) is 4.14. The van der Waals surface area contributed by atoms with Crippen LogP contribution in [0.4, 0.5) is 4.39 Å². The quantitative estimate of drug-likeness (QED) is 0.183. The van der Waals surface area contributed by atoms with Gasteiger partial charge in [0.05, 0.1) is 25.0 Å². The van der Waals surface area contributed by atoms with Crippen molar-refractivity contribution in [2.24, 2.45) is 0 Å². The zero-order chi connectivity index (χ0) is 22.8. The van der Waals surface area contributed by atoms with Crippen LogP contribution in [0.5, 0.6) is 11.5 Å². The van der Waals surface area contributed by atoms with Gasteiger partial charge in [0.2, 0.25) is 0 Å². The van der Waals surface area contributed by atoms with Crippen molar-refractivity contribution in [3.05, 3.63) is 41.3 Å². The third-order valence-electron chi connectivity index (χ3n) is 6.12. The highest BCUT2D eigenvalue weighted by molar-refractivity contribution is 5.68. The SMILES string of the molecule is CCCCCCCCOc1ccc(-c2ccc(O)c(C[C@H]3CO3)c2CCCCC)nc1F. The van der Waals surface area contributed by atoms with Gasteiger partial charge >= 0.3 is 0 Å². The molecule has 1 atom stereocenters. The van der Waals surface area contributed by atoms with E-state index < -0.39 is 5.95 Å². The summed E-state index contributed by atoms with van der Waals surface area (Å²) in [6.45, 7) is 5.62. The zero-order valence-electron chi connectivity index (χ0n) is 19.7. The smallest absolute Gasteiger partial charge is 0.255 e. The maximum atomic E-state index is 14.7. The molecule has 5 heteroatoms.